The molecule has 0 spiro atoms. The molecule has 36 heavy (non-hydrogen) atoms. The van der Waals surface area contributed by atoms with Gasteiger partial charge in [-0.3, -0.25) is 9.59 Å². The summed E-state index contributed by atoms with van der Waals surface area (Å²) in [5.74, 6) is -0.298. The van der Waals surface area contributed by atoms with Crippen LogP contribution in [-0.2, 0) is 14.3 Å². The summed E-state index contributed by atoms with van der Waals surface area (Å²) in [6, 6.07) is 5.73. The molecule has 6 heteroatoms. The van der Waals surface area contributed by atoms with Crippen molar-refractivity contribution < 1.29 is 14.3 Å². The van der Waals surface area contributed by atoms with Gasteiger partial charge in [-0.15, -0.1) is 6.58 Å². The van der Waals surface area contributed by atoms with Gasteiger partial charge in [0.15, 0.2) is 0 Å². The van der Waals surface area contributed by atoms with E-state index in [2.05, 4.69) is 92.7 Å². The van der Waals surface area contributed by atoms with E-state index in [9.17, 15) is 9.59 Å². The summed E-state index contributed by atoms with van der Waals surface area (Å²) >= 11 is 0. The molecule has 1 aromatic carbocycles. The van der Waals surface area contributed by atoms with Crippen molar-refractivity contribution in [3.05, 3.63) is 54.1 Å². The third-order valence-corrected chi connectivity index (χ3v) is 7.41. The topological polar surface area (TPSA) is 61.9 Å². The first-order chi connectivity index (χ1) is 17.0. The van der Waals surface area contributed by atoms with Crippen LogP contribution < -0.4 is 15.1 Å². The lowest BCUT2D eigenvalue weighted by molar-refractivity contribution is -0.142. The van der Waals surface area contributed by atoms with Gasteiger partial charge in [-0.05, 0) is 63.7 Å². The number of benzene rings is 1. The largest absolute Gasteiger partial charge is 0.464 e. The number of amides is 1. The second kappa shape index (κ2) is 11.4. The Morgan fingerprint density at radius 2 is 1.97 bits per heavy atom. The normalized spacial score (nSPS) is 21.2. The first-order valence-electron chi connectivity index (χ1n) is 13.0. The van der Waals surface area contributed by atoms with Crippen molar-refractivity contribution in [1.29, 1.82) is 0 Å². The number of allylic oxidation sites excluding steroid dienone is 2. The van der Waals surface area contributed by atoms with Crippen LogP contribution in [0.5, 0.6) is 0 Å². The predicted molar refractivity (Wildman–Crippen MR) is 149 cm³/mol. The number of carbonyl (C=O) groups excluding carboxylic acids is 2. The van der Waals surface area contributed by atoms with Crippen LogP contribution in [-0.4, -0.2) is 49.7 Å². The number of hydrogen-bond acceptors (Lipinski definition) is 5. The molecule has 2 aliphatic rings. The number of nitrogens with zero attached hydrogens (tertiary/aromatic N) is 2. The number of hydrogen-bond donors (Lipinski definition) is 1. The van der Waals surface area contributed by atoms with Crippen molar-refractivity contribution in [2.75, 3.05) is 30.0 Å². The molecule has 2 aliphatic heterocycles. The van der Waals surface area contributed by atoms with Crippen molar-refractivity contribution in [3.63, 3.8) is 0 Å². The van der Waals surface area contributed by atoms with Crippen LogP contribution in [0.15, 0.2) is 48.6 Å². The molecule has 0 aliphatic carbocycles. The van der Waals surface area contributed by atoms with Crippen molar-refractivity contribution >= 4 is 28.8 Å². The summed E-state index contributed by atoms with van der Waals surface area (Å²) in [7, 11) is 2.00. The van der Waals surface area contributed by atoms with Gasteiger partial charge in [0.05, 0.1) is 11.6 Å². The Morgan fingerprint density at radius 3 is 2.58 bits per heavy atom. The highest BCUT2D eigenvalue weighted by atomic mass is 16.5. The monoisotopic (exact) mass is 493 g/mol. The molecule has 0 fully saturated rings. The molecule has 3 unspecified atom stereocenters. The first-order valence-corrected chi connectivity index (χ1v) is 13.0. The van der Waals surface area contributed by atoms with Crippen LogP contribution in [0.2, 0.25) is 0 Å². The summed E-state index contributed by atoms with van der Waals surface area (Å²) in [6.07, 6.45) is 9.14. The molecule has 3 rings (SSSR count). The average Bonchev–Trinajstić information content (AvgIpc) is 2.85. The van der Waals surface area contributed by atoms with E-state index in [1.54, 1.807) is 0 Å². The van der Waals surface area contributed by atoms with Gasteiger partial charge in [-0.1, -0.05) is 43.7 Å². The van der Waals surface area contributed by atoms with Gasteiger partial charge in [0.2, 0.25) is 5.91 Å². The lowest BCUT2D eigenvalue weighted by Crippen LogP contribution is -2.51. The van der Waals surface area contributed by atoms with E-state index in [0.717, 1.165) is 36.3 Å². The Hall–Kier alpha value is -3.02. The molecule has 3 atom stereocenters. The SMILES string of the molecule is C=CC(C)(CCC=C(C)C)N1CC=C2CC(COC(C)=O)NC(=O)C(C(C)C)N(C)c3cccc1c32. The fourth-order valence-electron chi connectivity index (χ4n) is 5.44. The number of carbonyl (C=O) groups is 2. The number of anilines is 2. The second-order valence-electron chi connectivity index (χ2n) is 10.9. The van der Waals surface area contributed by atoms with Gasteiger partial charge in [-0.25, -0.2) is 0 Å². The third kappa shape index (κ3) is 5.85. The highest BCUT2D eigenvalue weighted by Crippen LogP contribution is 2.45. The fourth-order valence-corrected chi connectivity index (χ4v) is 5.44. The zero-order valence-corrected chi connectivity index (χ0v) is 23.1. The van der Waals surface area contributed by atoms with Crippen LogP contribution in [0.1, 0.15) is 66.4 Å². The average molecular weight is 494 g/mol. The third-order valence-electron chi connectivity index (χ3n) is 7.41. The van der Waals surface area contributed by atoms with E-state index < -0.39 is 0 Å². The van der Waals surface area contributed by atoms with Crippen LogP contribution in [0, 0.1) is 5.92 Å². The molecule has 0 aromatic heterocycles. The summed E-state index contributed by atoms with van der Waals surface area (Å²) in [6.45, 7) is 17.2. The van der Waals surface area contributed by atoms with E-state index in [1.807, 2.05) is 7.05 Å². The number of ether oxygens (including phenoxy) is 1. The van der Waals surface area contributed by atoms with Crippen LogP contribution >= 0.6 is 0 Å². The maximum Gasteiger partial charge on any atom is 0.302 e. The minimum Gasteiger partial charge on any atom is -0.464 e. The highest BCUT2D eigenvalue weighted by Gasteiger charge is 2.37. The van der Waals surface area contributed by atoms with Gasteiger partial charge in [0.1, 0.15) is 12.6 Å². The number of likely N-dealkylation sites (N-methyl/N-ethyl adjacent to an activating group) is 1. The van der Waals surface area contributed by atoms with Crippen LogP contribution in [0.4, 0.5) is 11.4 Å². The maximum absolute atomic E-state index is 13.4. The van der Waals surface area contributed by atoms with E-state index in [0.29, 0.717) is 6.42 Å². The minimum absolute atomic E-state index is 0.0454. The molecule has 196 valence electrons. The Balaban J connectivity index is 2.13. The van der Waals surface area contributed by atoms with Gasteiger partial charge in [0.25, 0.3) is 0 Å². The fraction of sp³-hybridized carbons (Fsp3) is 0.533. The zero-order chi connectivity index (χ0) is 26.6. The summed E-state index contributed by atoms with van der Waals surface area (Å²) in [5.41, 5.74) is 5.60. The highest BCUT2D eigenvalue weighted by molar-refractivity contribution is 5.93. The smallest absolute Gasteiger partial charge is 0.302 e. The van der Waals surface area contributed by atoms with Gasteiger partial charge >= 0.3 is 5.97 Å². The molecule has 2 heterocycles. The van der Waals surface area contributed by atoms with Gasteiger partial charge in [-0.2, -0.15) is 0 Å². The Kier molecular flexibility index (Phi) is 8.70. The first kappa shape index (κ1) is 27.6. The molecular formula is C30H43N3O3. The maximum atomic E-state index is 13.4. The molecule has 1 aromatic rings. The van der Waals surface area contributed by atoms with Crippen molar-refractivity contribution in [2.45, 2.75) is 78.4 Å². The van der Waals surface area contributed by atoms with E-state index >= 15 is 0 Å². The number of nitrogens with one attached hydrogen (secondary N) is 1. The summed E-state index contributed by atoms with van der Waals surface area (Å²) in [5, 5.41) is 3.17. The molecule has 1 amide bonds. The van der Waals surface area contributed by atoms with Gasteiger partial charge in [0, 0.05) is 37.5 Å². The molecule has 0 radical (unpaired) electrons. The standard InChI is InChI=1S/C30H43N3O3/c1-9-30(7,16-11-12-20(2)3)33-17-15-23-18-24(19-36-22(6)34)31-29(35)28(21(4)5)32(8)25-13-10-14-26(33)27(23)25/h9-10,12-15,21,24,28H,1,11,16-19H2,2-8H3,(H,31,35). The van der Waals surface area contributed by atoms with Gasteiger partial charge < -0.3 is 19.9 Å². The van der Waals surface area contributed by atoms with Crippen LogP contribution in [0.25, 0.3) is 5.57 Å². The Bertz CT molecular complexity index is 1050. The minimum atomic E-state index is -0.352. The Labute approximate surface area is 217 Å². The molecule has 1 N–H and O–H groups in total. The van der Waals surface area contributed by atoms with E-state index in [4.69, 9.17) is 4.74 Å². The molecule has 0 saturated carbocycles. The molecular weight excluding hydrogens is 450 g/mol. The molecule has 0 saturated heterocycles. The number of esters is 1. The lowest BCUT2D eigenvalue weighted by Gasteiger charge is -2.45. The molecule has 0 bridgehead atoms. The quantitative estimate of drug-likeness (QED) is 0.383. The lowest BCUT2D eigenvalue weighted by atomic mass is 9.86. The van der Waals surface area contributed by atoms with Crippen LogP contribution in [0.3, 0.4) is 0 Å². The van der Waals surface area contributed by atoms with E-state index in [1.165, 1.54) is 18.1 Å². The summed E-state index contributed by atoms with van der Waals surface area (Å²) in [4.78, 5) is 29.5. The Morgan fingerprint density at radius 1 is 1.28 bits per heavy atom. The summed E-state index contributed by atoms with van der Waals surface area (Å²) < 4.78 is 5.35. The predicted octanol–water partition coefficient (Wildman–Crippen LogP) is 5.49. The van der Waals surface area contributed by atoms with Crippen molar-refractivity contribution in [2.24, 2.45) is 5.92 Å². The zero-order valence-electron chi connectivity index (χ0n) is 23.1. The van der Waals surface area contributed by atoms with Crippen molar-refractivity contribution in [3.8, 4) is 0 Å². The second-order valence-corrected chi connectivity index (χ2v) is 10.9. The van der Waals surface area contributed by atoms with E-state index in [-0.39, 0.29) is 42.0 Å². The number of rotatable bonds is 8. The van der Waals surface area contributed by atoms with Crippen molar-refractivity contribution in [1.82, 2.24) is 5.32 Å². The molecule has 6 nitrogen and oxygen atoms in total.